The van der Waals surface area contributed by atoms with Crippen molar-refractivity contribution in [1.29, 1.82) is 0 Å². The van der Waals surface area contributed by atoms with Crippen molar-refractivity contribution in [3.8, 4) is 17.0 Å². The Balaban J connectivity index is 1.63. The number of hydrogen-bond acceptors (Lipinski definition) is 3. The van der Waals surface area contributed by atoms with Crippen LogP contribution in [-0.4, -0.2) is 15.1 Å². The van der Waals surface area contributed by atoms with Crippen LogP contribution in [0.3, 0.4) is 0 Å². The Labute approximate surface area is 155 Å². The van der Waals surface area contributed by atoms with Crippen molar-refractivity contribution >= 4 is 0 Å². The summed E-state index contributed by atoms with van der Waals surface area (Å²) in [6, 6.07) is 18.1. The van der Waals surface area contributed by atoms with Gasteiger partial charge in [-0.2, -0.15) is 0 Å². The second kappa shape index (κ2) is 9.14. The van der Waals surface area contributed by atoms with Gasteiger partial charge >= 0.3 is 0 Å². The molecule has 2 aromatic carbocycles. The number of unbranched alkanes of at least 4 members (excludes halogenated alkanes) is 1. The van der Waals surface area contributed by atoms with Crippen LogP contribution in [0.25, 0.3) is 11.3 Å². The van der Waals surface area contributed by atoms with Gasteiger partial charge in [0, 0.05) is 18.2 Å². The van der Waals surface area contributed by atoms with Crippen LogP contribution in [-0.2, 0) is 19.3 Å². The molecule has 0 aliphatic carbocycles. The van der Waals surface area contributed by atoms with E-state index in [0.717, 1.165) is 37.2 Å². The Kier molecular flexibility index (Phi) is 6.37. The van der Waals surface area contributed by atoms with Crippen molar-refractivity contribution in [2.75, 3.05) is 0 Å². The quantitative estimate of drug-likeness (QED) is 0.596. The molecule has 0 fully saturated rings. The zero-order chi connectivity index (χ0) is 18.2. The fourth-order valence-corrected chi connectivity index (χ4v) is 3.06. The lowest BCUT2D eigenvalue weighted by molar-refractivity contribution is 0.475. The molecule has 0 spiro atoms. The molecule has 1 N–H and O–H groups in total. The second-order valence-electron chi connectivity index (χ2n) is 6.68. The van der Waals surface area contributed by atoms with Crippen molar-refractivity contribution < 1.29 is 5.11 Å². The van der Waals surface area contributed by atoms with Gasteiger partial charge < -0.3 is 5.11 Å². The van der Waals surface area contributed by atoms with Gasteiger partial charge in [-0.25, -0.2) is 9.97 Å². The van der Waals surface area contributed by atoms with Crippen LogP contribution in [0.1, 0.15) is 43.1 Å². The summed E-state index contributed by atoms with van der Waals surface area (Å²) in [6.07, 6.45) is 8.21. The first-order chi connectivity index (χ1) is 12.7. The fraction of sp³-hybridized carbons (Fsp3) is 0.304. The summed E-state index contributed by atoms with van der Waals surface area (Å²) in [5.41, 5.74) is 4.76. The van der Waals surface area contributed by atoms with Gasteiger partial charge in [0.1, 0.15) is 11.6 Å². The van der Waals surface area contributed by atoms with Crippen molar-refractivity contribution in [1.82, 2.24) is 9.97 Å². The molecule has 134 valence electrons. The SMILES string of the molecule is CCCCc1cccc(-c2ccnc(CCCc3ccc(O)cc3)n2)c1. The van der Waals surface area contributed by atoms with Crippen LogP contribution < -0.4 is 0 Å². The van der Waals surface area contributed by atoms with Gasteiger partial charge in [-0.05, 0) is 61.1 Å². The molecule has 0 aliphatic rings. The first-order valence-corrected chi connectivity index (χ1v) is 9.44. The smallest absolute Gasteiger partial charge is 0.128 e. The van der Waals surface area contributed by atoms with E-state index in [0.29, 0.717) is 5.75 Å². The lowest BCUT2D eigenvalue weighted by Gasteiger charge is -2.07. The number of phenolic OH excluding ortho intramolecular Hbond substituents is 1. The summed E-state index contributed by atoms with van der Waals surface area (Å²) < 4.78 is 0. The number of nitrogens with zero attached hydrogens (tertiary/aromatic N) is 2. The molecule has 0 aliphatic heterocycles. The minimum atomic E-state index is 0.311. The third-order valence-corrected chi connectivity index (χ3v) is 4.55. The average Bonchev–Trinajstić information content (AvgIpc) is 2.68. The van der Waals surface area contributed by atoms with Gasteiger partial charge in [0.05, 0.1) is 5.69 Å². The van der Waals surface area contributed by atoms with E-state index in [1.54, 1.807) is 12.1 Å². The number of phenols is 1. The molecule has 26 heavy (non-hydrogen) atoms. The van der Waals surface area contributed by atoms with Crippen LogP contribution >= 0.6 is 0 Å². The van der Waals surface area contributed by atoms with Gasteiger partial charge in [-0.1, -0.05) is 43.7 Å². The number of hydrogen-bond donors (Lipinski definition) is 1. The topological polar surface area (TPSA) is 46.0 Å². The molecule has 0 saturated heterocycles. The van der Waals surface area contributed by atoms with E-state index in [2.05, 4.69) is 36.2 Å². The molecule has 0 radical (unpaired) electrons. The van der Waals surface area contributed by atoms with Crippen LogP contribution in [0.2, 0.25) is 0 Å². The molecular weight excluding hydrogens is 320 g/mol. The molecule has 3 nitrogen and oxygen atoms in total. The number of benzene rings is 2. The maximum atomic E-state index is 9.35. The maximum Gasteiger partial charge on any atom is 0.128 e. The predicted molar refractivity (Wildman–Crippen MR) is 106 cm³/mol. The molecule has 3 heteroatoms. The molecule has 0 saturated carbocycles. The Morgan fingerprint density at radius 1 is 0.846 bits per heavy atom. The van der Waals surface area contributed by atoms with Crippen LogP contribution in [0, 0.1) is 0 Å². The third kappa shape index (κ3) is 5.16. The van der Waals surface area contributed by atoms with E-state index in [-0.39, 0.29) is 0 Å². The van der Waals surface area contributed by atoms with Gasteiger partial charge in [0.2, 0.25) is 0 Å². The molecule has 3 aromatic rings. The highest BCUT2D eigenvalue weighted by Crippen LogP contribution is 2.20. The molecular formula is C23H26N2O. The zero-order valence-electron chi connectivity index (χ0n) is 15.4. The van der Waals surface area contributed by atoms with E-state index in [9.17, 15) is 5.11 Å². The monoisotopic (exact) mass is 346 g/mol. The maximum absolute atomic E-state index is 9.35. The van der Waals surface area contributed by atoms with E-state index in [1.165, 1.54) is 29.5 Å². The minimum Gasteiger partial charge on any atom is -0.508 e. The summed E-state index contributed by atoms with van der Waals surface area (Å²) >= 11 is 0. The van der Waals surface area contributed by atoms with E-state index in [1.807, 2.05) is 24.4 Å². The number of aromatic nitrogens is 2. The Bertz CT molecular complexity index is 828. The van der Waals surface area contributed by atoms with Crippen molar-refractivity contribution in [2.45, 2.75) is 45.4 Å². The first kappa shape index (κ1) is 18.1. The van der Waals surface area contributed by atoms with E-state index in [4.69, 9.17) is 4.98 Å². The van der Waals surface area contributed by atoms with Crippen molar-refractivity contribution in [2.24, 2.45) is 0 Å². The molecule has 0 atom stereocenters. The Morgan fingerprint density at radius 3 is 2.46 bits per heavy atom. The van der Waals surface area contributed by atoms with Gasteiger partial charge in [0.15, 0.2) is 0 Å². The molecule has 1 aromatic heterocycles. The van der Waals surface area contributed by atoms with Gasteiger partial charge in [-0.15, -0.1) is 0 Å². The normalized spacial score (nSPS) is 10.8. The molecule has 3 rings (SSSR count). The van der Waals surface area contributed by atoms with Gasteiger partial charge in [0.25, 0.3) is 0 Å². The third-order valence-electron chi connectivity index (χ3n) is 4.55. The Hall–Kier alpha value is -2.68. The molecule has 0 unspecified atom stereocenters. The van der Waals surface area contributed by atoms with Crippen LogP contribution in [0.5, 0.6) is 5.75 Å². The van der Waals surface area contributed by atoms with E-state index >= 15 is 0 Å². The van der Waals surface area contributed by atoms with Crippen LogP contribution in [0.15, 0.2) is 60.8 Å². The molecule has 0 amide bonds. The summed E-state index contributed by atoms with van der Waals surface area (Å²) in [5, 5.41) is 9.35. The number of rotatable bonds is 8. The number of aromatic hydroxyl groups is 1. The van der Waals surface area contributed by atoms with E-state index < -0.39 is 0 Å². The summed E-state index contributed by atoms with van der Waals surface area (Å²) in [6.45, 7) is 2.22. The predicted octanol–water partition coefficient (Wildman–Crippen LogP) is 5.37. The lowest BCUT2D eigenvalue weighted by Crippen LogP contribution is -1.98. The molecule has 1 heterocycles. The second-order valence-corrected chi connectivity index (χ2v) is 6.68. The highest BCUT2D eigenvalue weighted by atomic mass is 16.3. The van der Waals surface area contributed by atoms with Crippen molar-refractivity contribution in [3.05, 3.63) is 77.7 Å². The largest absolute Gasteiger partial charge is 0.508 e. The van der Waals surface area contributed by atoms with Crippen molar-refractivity contribution in [3.63, 3.8) is 0 Å². The lowest BCUT2D eigenvalue weighted by atomic mass is 10.0. The number of aryl methyl sites for hydroxylation is 3. The summed E-state index contributed by atoms with van der Waals surface area (Å²) in [7, 11) is 0. The average molecular weight is 346 g/mol. The zero-order valence-corrected chi connectivity index (χ0v) is 15.4. The first-order valence-electron chi connectivity index (χ1n) is 9.44. The minimum absolute atomic E-state index is 0.311. The highest BCUT2D eigenvalue weighted by molar-refractivity contribution is 5.59. The highest BCUT2D eigenvalue weighted by Gasteiger charge is 2.04. The van der Waals surface area contributed by atoms with Gasteiger partial charge in [-0.3, -0.25) is 0 Å². The van der Waals surface area contributed by atoms with Crippen LogP contribution in [0.4, 0.5) is 0 Å². The summed E-state index contributed by atoms with van der Waals surface area (Å²) in [4.78, 5) is 9.19. The summed E-state index contributed by atoms with van der Waals surface area (Å²) in [5.74, 6) is 1.20. The Morgan fingerprint density at radius 2 is 1.65 bits per heavy atom. The standard InChI is InChI=1S/C23H26N2O/c1-2-3-6-19-8-4-9-20(17-19)22-15-16-24-23(25-22)10-5-7-18-11-13-21(26)14-12-18/h4,8-9,11-17,26H,2-3,5-7,10H2,1H3. The fourth-order valence-electron chi connectivity index (χ4n) is 3.06. The molecule has 0 bridgehead atoms.